The second-order valence-electron chi connectivity index (χ2n) is 7.80. The Morgan fingerprint density at radius 1 is 0.594 bits per heavy atom. The van der Waals surface area contributed by atoms with Gasteiger partial charge in [0.25, 0.3) is 0 Å². The molecule has 178 valence electrons. The fraction of sp³-hybridized carbons (Fsp3) is 0.583. The van der Waals surface area contributed by atoms with E-state index in [0.29, 0.717) is 13.2 Å². The summed E-state index contributed by atoms with van der Waals surface area (Å²) < 4.78 is 16.1. The molecule has 0 unspecified atom stereocenters. The van der Waals surface area contributed by atoms with Crippen LogP contribution in [0.1, 0.15) is 88.5 Å². The lowest BCUT2D eigenvalue weighted by molar-refractivity contribution is -0.0800. The predicted octanol–water partition coefficient (Wildman–Crippen LogP) is 9.50. The molecule has 2 rings (SSSR count). The Kier molecular flexibility index (Phi) is 14.1. The minimum Gasteiger partial charge on any atom is -0.370 e. The number of aromatic nitrogens is 2. The molecule has 4 nitrogen and oxygen atoms in total. The van der Waals surface area contributed by atoms with Crippen molar-refractivity contribution in [3.63, 3.8) is 0 Å². The molecule has 2 aromatic rings. The Morgan fingerprint density at radius 2 is 0.938 bits per heavy atom. The van der Waals surface area contributed by atoms with Gasteiger partial charge >= 0.3 is 0 Å². The van der Waals surface area contributed by atoms with E-state index < -0.39 is 0 Å². The molecule has 0 fully saturated rings. The molecular weight excluding hydrogens is 668 g/mol. The van der Waals surface area contributed by atoms with Crippen LogP contribution in [0.4, 0.5) is 0 Å². The zero-order valence-electron chi connectivity index (χ0n) is 18.8. The maximum atomic E-state index is 6.51. The van der Waals surface area contributed by atoms with Crippen molar-refractivity contribution in [1.82, 2.24) is 9.97 Å². The van der Waals surface area contributed by atoms with Gasteiger partial charge in [-0.3, -0.25) is 0 Å². The molecule has 32 heavy (non-hydrogen) atoms. The van der Waals surface area contributed by atoms with Crippen LogP contribution in [0, 0.1) is 0 Å². The van der Waals surface area contributed by atoms with Crippen LogP contribution in [-0.2, 0) is 9.47 Å². The van der Waals surface area contributed by atoms with Crippen LogP contribution in [-0.4, -0.2) is 23.2 Å². The molecule has 0 bridgehead atoms. The van der Waals surface area contributed by atoms with Crippen molar-refractivity contribution in [1.29, 1.82) is 0 Å². The minimum atomic E-state index is -0.264. The van der Waals surface area contributed by atoms with Crippen LogP contribution in [0.5, 0.6) is 0 Å². The smallest absolute Gasteiger partial charge is 0.113 e. The van der Waals surface area contributed by atoms with E-state index in [0.717, 1.165) is 42.4 Å². The van der Waals surface area contributed by atoms with Gasteiger partial charge in [0.15, 0.2) is 0 Å². The monoisotopic (exact) mass is 696 g/mol. The van der Waals surface area contributed by atoms with Crippen LogP contribution < -0.4 is 0 Å². The van der Waals surface area contributed by atoms with Crippen LogP contribution >= 0.6 is 63.7 Å². The van der Waals surface area contributed by atoms with Crippen molar-refractivity contribution < 1.29 is 9.47 Å². The third kappa shape index (κ3) is 10.2. The summed E-state index contributed by atoms with van der Waals surface area (Å²) in [7, 11) is 0. The van der Waals surface area contributed by atoms with Crippen molar-refractivity contribution in [2.45, 2.75) is 77.4 Å². The highest BCUT2D eigenvalue weighted by atomic mass is 79.9. The summed E-state index contributed by atoms with van der Waals surface area (Å²) in [4.78, 5) is 8.81. The number of nitrogens with zero attached hydrogens (tertiary/aromatic N) is 2. The summed E-state index contributed by atoms with van der Waals surface area (Å²) in [5.41, 5.74) is 2.05. The van der Waals surface area contributed by atoms with Gasteiger partial charge in [-0.1, -0.05) is 52.4 Å². The van der Waals surface area contributed by atoms with Gasteiger partial charge in [-0.25, -0.2) is 9.97 Å². The van der Waals surface area contributed by atoms with E-state index >= 15 is 0 Å². The molecule has 2 atom stereocenters. The highest BCUT2D eigenvalue weighted by Gasteiger charge is 2.28. The van der Waals surface area contributed by atoms with Gasteiger partial charge in [0.05, 0.1) is 0 Å². The van der Waals surface area contributed by atoms with E-state index in [9.17, 15) is 0 Å². The first-order valence-corrected chi connectivity index (χ1v) is 14.5. The molecule has 8 heteroatoms. The molecule has 0 saturated heterocycles. The summed E-state index contributed by atoms with van der Waals surface area (Å²) in [6, 6.07) is 8.06. The standard InChI is InChI=1S/C24H32Br4N2O2/c1-3-5-7-9-11-31-23(17-13-19(25)29-20(26)14-17)24(32-12-10-8-6-4-2)18-15-21(27)30-22(28)16-18/h13-16,23-24H,3-12H2,1-2H3/t23-,24+. The summed E-state index contributed by atoms with van der Waals surface area (Å²) in [5, 5.41) is 0. The lowest BCUT2D eigenvalue weighted by Gasteiger charge is -2.29. The predicted molar refractivity (Wildman–Crippen MR) is 145 cm³/mol. The highest BCUT2D eigenvalue weighted by molar-refractivity contribution is 9.11. The number of hydrogen-bond acceptors (Lipinski definition) is 4. The van der Waals surface area contributed by atoms with Crippen LogP contribution in [0.3, 0.4) is 0 Å². The number of ether oxygens (including phenoxy) is 2. The first-order valence-electron chi connectivity index (χ1n) is 11.3. The van der Waals surface area contributed by atoms with Crippen LogP contribution in [0.15, 0.2) is 42.7 Å². The second kappa shape index (κ2) is 15.9. The lowest BCUT2D eigenvalue weighted by Crippen LogP contribution is -2.20. The van der Waals surface area contributed by atoms with Crippen molar-refractivity contribution in [3.8, 4) is 0 Å². The number of pyridine rings is 2. The molecule has 2 aromatic heterocycles. The summed E-state index contributed by atoms with van der Waals surface area (Å²) in [6.07, 6.45) is 8.73. The maximum Gasteiger partial charge on any atom is 0.113 e. The average Bonchev–Trinajstić information content (AvgIpc) is 2.72. The van der Waals surface area contributed by atoms with Gasteiger partial charge in [0, 0.05) is 13.2 Å². The lowest BCUT2D eigenvalue weighted by atomic mass is 9.99. The molecule has 0 radical (unpaired) electrons. The summed E-state index contributed by atoms with van der Waals surface area (Å²) in [6.45, 7) is 5.81. The van der Waals surface area contributed by atoms with Gasteiger partial charge in [-0.2, -0.15) is 0 Å². The van der Waals surface area contributed by atoms with E-state index in [1.165, 1.54) is 38.5 Å². The van der Waals surface area contributed by atoms with Crippen molar-refractivity contribution >= 4 is 63.7 Å². The number of halogens is 4. The van der Waals surface area contributed by atoms with E-state index in [-0.39, 0.29) is 12.2 Å². The maximum absolute atomic E-state index is 6.51. The van der Waals surface area contributed by atoms with Gasteiger partial charge in [-0.05, 0) is 112 Å². The first kappa shape index (κ1) is 28.4. The Labute approximate surface area is 226 Å². The van der Waals surface area contributed by atoms with Gasteiger partial charge in [-0.15, -0.1) is 0 Å². The molecule has 0 aliphatic carbocycles. The second-order valence-corrected chi connectivity index (χ2v) is 11.0. The third-order valence-electron chi connectivity index (χ3n) is 5.09. The minimum absolute atomic E-state index is 0.264. The molecule has 0 N–H and O–H groups in total. The summed E-state index contributed by atoms with van der Waals surface area (Å²) >= 11 is 14.1. The van der Waals surface area contributed by atoms with E-state index in [2.05, 4.69) is 87.5 Å². The Bertz CT molecular complexity index is 715. The van der Waals surface area contributed by atoms with Crippen molar-refractivity contribution in [3.05, 3.63) is 53.8 Å². The largest absolute Gasteiger partial charge is 0.370 e. The number of hydrogen-bond donors (Lipinski definition) is 0. The molecule has 0 aliphatic heterocycles. The van der Waals surface area contributed by atoms with Crippen LogP contribution in [0.25, 0.3) is 0 Å². The van der Waals surface area contributed by atoms with Crippen LogP contribution in [0.2, 0.25) is 0 Å². The molecule has 2 heterocycles. The first-order chi connectivity index (χ1) is 15.4. The van der Waals surface area contributed by atoms with Crippen molar-refractivity contribution in [2.75, 3.05) is 13.2 Å². The van der Waals surface area contributed by atoms with Crippen molar-refractivity contribution in [2.24, 2.45) is 0 Å². The quantitative estimate of drug-likeness (QED) is 0.137. The molecule has 0 spiro atoms. The van der Waals surface area contributed by atoms with E-state index in [4.69, 9.17) is 9.47 Å². The normalized spacial score (nSPS) is 13.3. The SMILES string of the molecule is CCCCCCO[C@H](c1cc(Br)nc(Br)c1)[C@@H](OCCCCCC)c1cc(Br)nc(Br)c1. The molecule has 0 aliphatic rings. The fourth-order valence-electron chi connectivity index (χ4n) is 3.49. The van der Waals surface area contributed by atoms with E-state index in [1.807, 2.05) is 24.3 Å². The third-order valence-corrected chi connectivity index (χ3v) is 6.72. The zero-order valence-corrected chi connectivity index (χ0v) is 25.1. The molecule has 0 amide bonds. The molecular formula is C24H32Br4N2O2. The highest BCUT2D eigenvalue weighted by Crippen LogP contribution is 2.38. The Balaban J connectivity index is 2.34. The van der Waals surface area contributed by atoms with Gasteiger partial charge in [0.2, 0.25) is 0 Å². The number of rotatable bonds is 15. The fourth-order valence-corrected chi connectivity index (χ4v) is 5.79. The number of unbranched alkanes of at least 4 members (excludes halogenated alkanes) is 6. The average molecular weight is 700 g/mol. The zero-order chi connectivity index (χ0) is 23.3. The molecule has 0 saturated carbocycles. The molecule has 0 aromatic carbocycles. The van der Waals surface area contributed by atoms with Gasteiger partial charge < -0.3 is 9.47 Å². The topological polar surface area (TPSA) is 44.2 Å². The van der Waals surface area contributed by atoms with E-state index in [1.54, 1.807) is 0 Å². The summed E-state index contributed by atoms with van der Waals surface area (Å²) in [5.74, 6) is 0. The van der Waals surface area contributed by atoms with Gasteiger partial charge in [0.1, 0.15) is 30.6 Å². The Hall–Kier alpha value is 0.140. The Morgan fingerprint density at radius 3 is 1.25 bits per heavy atom.